The highest BCUT2D eigenvalue weighted by molar-refractivity contribution is 8.00. The number of carbonyl (C=O) groups is 2. The Hall–Kier alpha value is -4.22. The number of fused-ring (bicyclic) bond motifs is 1. The number of ketones is 1. The molecule has 208 valence electrons. The van der Waals surface area contributed by atoms with Crippen LogP contribution in [0.5, 0.6) is 11.5 Å². The van der Waals surface area contributed by atoms with Crippen molar-refractivity contribution < 1.29 is 28.6 Å². The highest BCUT2D eigenvalue weighted by atomic mass is 32.2. The molecule has 3 aromatic carbocycles. The standard InChI is InChI=1S/C30H24FN3O5S2/c1-16-13-20-14-19(7-12-23(20)39-16)26(35)24-25(18-5-10-22(38-2)11-6-18)34(28(37)27(24)36)29-32-33-30(41-29)40-15-17-3-8-21(31)9-4-17/h3-12,14,16,25,35H,13,15H2,1-2H3. The number of hydrogen-bond acceptors (Lipinski definition) is 9. The van der Waals surface area contributed by atoms with Gasteiger partial charge in [0, 0.05) is 17.7 Å². The maximum Gasteiger partial charge on any atom is 0.301 e. The number of aromatic nitrogens is 2. The molecule has 1 N–H and O–H groups in total. The number of amides is 1. The fraction of sp³-hybridized carbons (Fsp3) is 0.200. The molecule has 11 heteroatoms. The second-order valence-corrected chi connectivity index (χ2v) is 11.8. The van der Waals surface area contributed by atoms with Gasteiger partial charge in [-0.3, -0.25) is 14.5 Å². The van der Waals surface area contributed by atoms with Crippen molar-refractivity contribution in [2.75, 3.05) is 12.0 Å². The molecule has 0 aliphatic carbocycles. The van der Waals surface area contributed by atoms with Crippen LogP contribution in [0.3, 0.4) is 0 Å². The Morgan fingerprint density at radius 1 is 1.12 bits per heavy atom. The van der Waals surface area contributed by atoms with Gasteiger partial charge in [-0.15, -0.1) is 10.2 Å². The van der Waals surface area contributed by atoms with Gasteiger partial charge in [-0.2, -0.15) is 0 Å². The van der Waals surface area contributed by atoms with Crippen molar-refractivity contribution in [1.29, 1.82) is 0 Å². The lowest BCUT2D eigenvalue weighted by molar-refractivity contribution is -0.132. The van der Waals surface area contributed by atoms with Gasteiger partial charge in [0.05, 0.1) is 18.7 Å². The fourth-order valence-corrected chi connectivity index (χ4v) is 6.76. The van der Waals surface area contributed by atoms with Crippen LogP contribution in [0.1, 0.15) is 35.2 Å². The molecule has 6 rings (SSSR count). The first kappa shape index (κ1) is 27.0. The van der Waals surface area contributed by atoms with Crippen LogP contribution in [0.25, 0.3) is 5.76 Å². The summed E-state index contributed by atoms with van der Waals surface area (Å²) in [5.74, 6) is -0.343. The number of anilines is 1. The predicted octanol–water partition coefficient (Wildman–Crippen LogP) is 5.93. The molecule has 1 saturated heterocycles. The molecule has 2 atom stereocenters. The highest BCUT2D eigenvalue weighted by Gasteiger charge is 2.48. The van der Waals surface area contributed by atoms with Crippen molar-refractivity contribution in [2.24, 2.45) is 0 Å². The monoisotopic (exact) mass is 589 g/mol. The number of halogens is 1. The van der Waals surface area contributed by atoms with Crippen molar-refractivity contribution in [3.05, 3.63) is 100 Å². The van der Waals surface area contributed by atoms with Gasteiger partial charge in [0.15, 0.2) is 4.34 Å². The smallest absolute Gasteiger partial charge is 0.301 e. The van der Waals surface area contributed by atoms with Crippen molar-refractivity contribution >= 4 is 45.7 Å². The van der Waals surface area contributed by atoms with Crippen LogP contribution in [0.15, 0.2) is 76.6 Å². The number of thioether (sulfide) groups is 1. The minimum absolute atomic E-state index is 0.0137. The normalized spacial score (nSPS) is 19.3. The van der Waals surface area contributed by atoms with Gasteiger partial charge in [-0.1, -0.05) is 47.4 Å². The van der Waals surface area contributed by atoms with E-state index in [2.05, 4.69) is 10.2 Å². The number of methoxy groups -OCH3 is 1. The van der Waals surface area contributed by atoms with Gasteiger partial charge < -0.3 is 14.6 Å². The Morgan fingerprint density at radius 2 is 1.88 bits per heavy atom. The van der Waals surface area contributed by atoms with E-state index in [9.17, 15) is 19.1 Å². The van der Waals surface area contributed by atoms with Crippen molar-refractivity contribution in [1.82, 2.24) is 10.2 Å². The molecule has 0 spiro atoms. The lowest BCUT2D eigenvalue weighted by Gasteiger charge is -2.22. The number of carbonyl (C=O) groups excluding carboxylic acids is 2. The van der Waals surface area contributed by atoms with Crippen LogP contribution in [0.4, 0.5) is 9.52 Å². The molecule has 1 fully saturated rings. The summed E-state index contributed by atoms with van der Waals surface area (Å²) in [4.78, 5) is 28.3. The Morgan fingerprint density at radius 3 is 2.61 bits per heavy atom. The summed E-state index contributed by atoms with van der Waals surface area (Å²) in [6.45, 7) is 1.96. The SMILES string of the molecule is COc1ccc(C2C(=C(O)c3ccc4c(c3)CC(C)O4)C(=O)C(=O)N2c2nnc(SCc3ccc(F)cc3)s2)cc1. The molecule has 41 heavy (non-hydrogen) atoms. The molecule has 2 unspecified atom stereocenters. The van der Waals surface area contributed by atoms with E-state index in [0.29, 0.717) is 33.4 Å². The van der Waals surface area contributed by atoms with Gasteiger partial charge in [0.1, 0.15) is 29.2 Å². The molecule has 8 nitrogen and oxygen atoms in total. The number of nitrogens with zero attached hydrogens (tertiary/aromatic N) is 3. The first-order chi connectivity index (χ1) is 19.8. The van der Waals surface area contributed by atoms with Gasteiger partial charge in [0.2, 0.25) is 5.13 Å². The second kappa shape index (κ2) is 11.0. The molecule has 4 aromatic rings. The zero-order valence-corrected chi connectivity index (χ0v) is 23.7. The van der Waals surface area contributed by atoms with E-state index in [-0.39, 0.29) is 28.4 Å². The molecular weight excluding hydrogens is 565 g/mol. The Balaban J connectivity index is 1.38. The molecular formula is C30H24FN3O5S2. The summed E-state index contributed by atoms with van der Waals surface area (Å²) in [6.07, 6.45) is 0.690. The largest absolute Gasteiger partial charge is 0.507 e. The molecule has 0 saturated carbocycles. The fourth-order valence-electron chi connectivity index (χ4n) is 4.94. The summed E-state index contributed by atoms with van der Waals surface area (Å²) in [7, 11) is 1.55. The number of Topliss-reactive ketones (excluding diaryl/α,β-unsaturated/α-hetero) is 1. The Bertz CT molecular complexity index is 1670. The molecule has 2 aliphatic heterocycles. The molecule has 1 aromatic heterocycles. The average molecular weight is 590 g/mol. The molecule has 1 amide bonds. The number of benzene rings is 3. The summed E-state index contributed by atoms with van der Waals surface area (Å²) < 4.78 is 24.9. The zero-order chi connectivity index (χ0) is 28.7. The first-order valence-electron chi connectivity index (χ1n) is 12.8. The third-order valence-corrected chi connectivity index (χ3v) is 9.05. The van der Waals surface area contributed by atoms with Crippen LogP contribution in [0.2, 0.25) is 0 Å². The van der Waals surface area contributed by atoms with E-state index in [1.54, 1.807) is 61.7 Å². The zero-order valence-electron chi connectivity index (χ0n) is 22.0. The second-order valence-electron chi connectivity index (χ2n) is 9.66. The first-order valence-corrected chi connectivity index (χ1v) is 14.6. The number of rotatable bonds is 7. The number of aliphatic hydroxyl groups excluding tert-OH is 1. The van der Waals surface area contributed by atoms with Gasteiger partial charge in [0.25, 0.3) is 5.78 Å². The van der Waals surface area contributed by atoms with Crippen LogP contribution in [0, 0.1) is 5.82 Å². The molecule has 0 radical (unpaired) electrons. The summed E-state index contributed by atoms with van der Waals surface area (Å²) in [6, 6.07) is 17.4. The molecule has 2 aliphatic rings. The molecule has 0 bridgehead atoms. The average Bonchev–Trinajstić information content (AvgIpc) is 3.67. The van der Waals surface area contributed by atoms with Gasteiger partial charge in [-0.05, 0) is 66.1 Å². The Kier molecular flexibility index (Phi) is 7.22. The minimum atomic E-state index is -0.938. The van der Waals surface area contributed by atoms with E-state index in [4.69, 9.17) is 9.47 Å². The lowest BCUT2D eigenvalue weighted by Crippen LogP contribution is -2.29. The van der Waals surface area contributed by atoms with E-state index in [1.165, 1.54) is 28.8 Å². The van der Waals surface area contributed by atoms with Crippen LogP contribution < -0.4 is 14.4 Å². The number of ether oxygens (including phenoxy) is 2. The van der Waals surface area contributed by atoms with Crippen molar-refractivity contribution in [2.45, 2.75) is 35.6 Å². The van der Waals surface area contributed by atoms with E-state index < -0.39 is 17.7 Å². The third kappa shape index (κ3) is 5.18. The number of aliphatic hydroxyl groups is 1. The van der Waals surface area contributed by atoms with E-state index in [0.717, 1.165) is 28.2 Å². The topological polar surface area (TPSA) is 102 Å². The quantitative estimate of drug-likeness (QED) is 0.0931. The van der Waals surface area contributed by atoms with Crippen molar-refractivity contribution in [3.63, 3.8) is 0 Å². The minimum Gasteiger partial charge on any atom is -0.507 e. The van der Waals surface area contributed by atoms with Crippen LogP contribution in [-0.2, 0) is 21.8 Å². The summed E-state index contributed by atoms with van der Waals surface area (Å²) >= 11 is 2.55. The van der Waals surface area contributed by atoms with Crippen LogP contribution in [-0.4, -0.2) is 40.2 Å². The van der Waals surface area contributed by atoms with Crippen LogP contribution >= 0.6 is 23.1 Å². The van der Waals surface area contributed by atoms with Gasteiger partial charge >= 0.3 is 5.91 Å². The predicted molar refractivity (Wildman–Crippen MR) is 154 cm³/mol. The maximum atomic E-state index is 13.5. The number of hydrogen-bond donors (Lipinski definition) is 1. The Labute approximate surface area is 243 Å². The maximum absolute atomic E-state index is 13.5. The van der Waals surface area contributed by atoms with Gasteiger partial charge in [-0.25, -0.2) is 4.39 Å². The summed E-state index contributed by atoms with van der Waals surface area (Å²) in [5, 5.41) is 20.2. The third-order valence-electron chi connectivity index (χ3n) is 6.92. The van der Waals surface area contributed by atoms with Crippen molar-refractivity contribution in [3.8, 4) is 11.5 Å². The van der Waals surface area contributed by atoms with E-state index >= 15 is 0 Å². The van der Waals surface area contributed by atoms with E-state index in [1.807, 2.05) is 6.92 Å². The lowest BCUT2D eigenvalue weighted by atomic mass is 9.94. The highest BCUT2D eigenvalue weighted by Crippen LogP contribution is 2.45. The molecule has 3 heterocycles. The summed E-state index contributed by atoms with van der Waals surface area (Å²) in [5.41, 5.74) is 2.80.